The van der Waals surface area contributed by atoms with E-state index < -0.39 is 9.84 Å². The number of likely N-dealkylation sites (N-methyl/N-ethyl adjacent to an activating group) is 1. The largest absolute Gasteiger partial charge is 0.316 e. The quantitative estimate of drug-likeness (QED) is 0.902. The maximum atomic E-state index is 11.8. The number of benzene rings is 1. The molecule has 0 amide bonds. The van der Waals surface area contributed by atoms with E-state index in [-0.39, 0.29) is 0 Å². The van der Waals surface area contributed by atoms with Gasteiger partial charge in [0.1, 0.15) is 0 Å². The van der Waals surface area contributed by atoms with Crippen LogP contribution < -0.4 is 5.32 Å². The van der Waals surface area contributed by atoms with Gasteiger partial charge >= 0.3 is 0 Å². The maximum Gasteiger partial charge on any atom is 0.201 e. The first kappa shape index (κ1) is 10.9. The molecule has 0 aliphatic carbocycles. The Kier molecular flexibility index (Phi) is 2.70. The van der Waals surface area contributed by atoms with Gasteiger partial charge in [0.2, 0.25) is 9.84 Å². The topological polar surface area (TPSA) is 46.2 Å². The van der Waals surface area contributed by atoms with Crippen molar-refractivity contribution in [1.82, 2.24) is 5.32 Å². The molecule has 0 spiro atoms. The molecule has 80 valence electrons. The van der Waals surface area contributed by atoms with Gasteiger partial charge in [0.25, 0.3) is 0 Å². The van der Waals surface area contributed by atoms with Gasteiger partial charge in [-0.05, 0) is 40.2 Å². The number of rotatable bonds is 2. The second kappa shape index (κ2) is 3.73. The van der Waals surface area contributed by atoms with Crippen molar-refractivity contribution in [2.24, 2.45) is 0 Å². The van der Waals surface area contributed by atoms with Gasteiger partial charge in [-0.2, -0.15) is 0 Å². The number of sulfone groups is 1. The van der Waals surface area contributed by atoms with E-state index in [2.05, 4.69) is 21.2 Å². The molecule has 1 aromatic carbocycles. The SMILES string of the molecule is CNCC1=CS(=O)(=O)c2c(Br)cccc21. The summed E-state index contributed by atoms with van der Waals surface area (Å²) in [6.07, 6.45) is 0. The summed E-state index contributed by atoms with van der Waals surface area (Å²) < 4.78 is 24.3. The molecular formula is C10H10BrNO2S. The summed E-state index contributed by atoms with van der Waals surface area (Å²) in [6, 6.07) is 5.41. The smallest absolute Gasteiger partial charge is 0.201 e. The van der Waals surface area contributed by atoms with Gasteiger partial charge in [0, 0.05) is 16.4 Å². The first-order valence-electron chi connectivity index (χ1n) is 4.45. The number of hydrogen-bond donors (Lipinski definition) is 1. The normalized spacial score (nSPS) is 17.3. The summed E-state index contributed by atoms with van der Waals surface area (Å²) in [5.74, 6) is 0. The van der Waals surface area contributed by atoms with E-state index in [9.17, 15) is 8.42 Å². The highest BCUT2D eigenvalue weighted by Gasteiger charge is 2.28. The van der Waals surface area contributed by atoms with Gasteiger partial charge in [0.05, 0.1) is 4.90 Å². The summed E-state index contributed by atoms with van der Waals surface area (Å²) in [4.78, 5) is 0.384. The average molecular weight is 288 g/mol. The van der Waals surface area contributed by atoms with Crippen molar-refractivity contribution >= 4 is 31.3 Å². The number of halogens is 1. The Morgan fingerprint density at radius 2 is 2.13 bits per heavy atom. The molecule has 5 heteroatoms. The highest BCUT2D eigenvalue weighted by molar-refractivity contribution is 9.10. The molecule has 0 fully saturated rings. The zero-order valence-electron chi connectivity index (χ0n) is 8.12. The summed E-state index contributed by atoms with van der Waals surface area (Å²) in [5, 5.41) is 4.29. The van der Waals surface area contributed by atoms with E-state index in [0.29, 0.717) is 15.9 Å². The van der Waals surface area contributed by atoms with Crippen LogP contribution in [0.15, 0.2) is 33.0 Å². The Hall–Kier alpha value is -0.650. The van der Waals surface area contributed by atoms with Crippen LogP contribution in [0.2, 0.25) is 0 Å². The second-order valence-corrected chi connectivity index (χ2v) is 5.92. The summed E-state index contributed by atoms with van der Waals surface area (Å²) in [5.41, 5.74) is 1.60. The lowest BCUT2D eigenvalue weighted by Gasteiger charge is -2.04. The van der Waals surface area contributed by atoms with E-state index in [0.717, 1.165) is 11.1 Å². The molecule has 0 unspecified atom stereocenters. The Morgan fingerprint density at radius 3 is 2.80 bits per heavy atom. The van der Waals surface area contributed by atoms with Crippen molar-refractivity contribution in [2.75, 3.05) is 13.6 Å². The lowest BCUT2D eigenvalue weighted by molar-refractivity contribution is 0.605. The Balaban J connectivity index is 2.68. The Bertz CT molecular complexity index is 534. The standard InChI is InChI=1S/C10H10BrNO2S/c1-12-5-7-6-15(13,14)10-8(7)3-2-4-9(10)11/h2-4,6,12H,5H2,1H3. The second-order valence-electron chi connectivity index (χ2n) is 3.33. The molecule has 1 N–H and O–H groups in total. The minimum atomic E-state index is -3.26. The first-order chi connectivity index (χ1) is 7.06. The maximum absolute atomic E-state index is 11.8. The van der Waals surface area contributed by atoms with Crippen molar-refractivity contribution in [3.63, 3.8) is 0 Å². The number of nitrogens with one attached hydrogen (secondary N) is 1. The molecule has 1 aliphatic heterocycles. The average Bonchev–Trinajstić information content (AvgIpc) is 2.40. The molecule has 3 nitrogen and oxygen atoms in total. The molecule has 1 heterocycles. The molecule has 0 atom stereocenters. The van der Waals surface area contributed by atoms with Crippen LogP contribution in [0.4, 0.5) is 0 Å². The molecule has 0 saturated heterocycles. The van der Waals surface area contributed by atoms with E-state index in [1.54, 1.807) is 13.1 Å². The fourth-order valence-corrected chi connectivity index (χ4v) is 4.28. The van der Waals surface area contributed by atoms with Crippen LogP contribution in [0, 0.1) is 0 Å². The minimum Gasteiger partial charge on any atom is -0.316 e. The fourth-order valence-electron chi connectivity index (χ4n) is 1.69. The van der Waals surface area contributed by atoms with E-state index >= 15 is 0 Å². The van der Waals surface area contributed by atoms with Crippen LogP contribution in [-0.4, -0.2) is 22.0 Å². The predicted molar refractivity (Wildman–Crippen MR) is 63.2 cm³/mol. The van der Waals surface area contributed by atoms with Crippen LogP contribution >= 0.6 is 15.9 Å². The van der Waals surface area contributed by atoms with Gasteiger partial charge < -0.3 is 5.32 Å². The molecule has 0 bridgehead atoms. The lowest BCUT2D eigenvalue weighted by atomic mass is 10.1. The summed E-state index contributed by atoms with van der Waals surface area (Å²) in [6.45, 7) is 0.558. The molecule has 1 aromatic rings. The van der Waals surface area contributed by atoms with Crippen molar-refractivity contribution in [2.45, 2.75) is 4.90 Å². The molecule has 1 aliphatic rings. The Labute approximate surface area is 97.2 Å². The van der Waals surface area contributed by atoms with E-state index in [1.165, 1.54) is 5.41 Å². The van der Waals surface area contributed by atoms with Crippen molar-refractivity contribution < 1.29 is 8.42 Å². The predicted octanol–water partition coefficient (Wildman–Crippen LogP) is 1.80. The fraction of sp³-hybridized carbons (Fsp3) is 0.200. The van der Waals surface area contributed by atoms with E-state index in [1.807, 2.05) is 12.1 Å². The molecular weight excluding hydrogens is 278 g/mol. The van der Waals surface area contributed by atoms with Crippen molar-refractivity contribution in [3.8, 4) is 0 Å². The lowest BCUT2D eigenvalue weighted by Crippen LogP contribution is -2.08. The third-order valence-corrected chi connectivity index (χ3v) is 4.79. The van der Waals surface area contributed by atoms with E-state index in [4.69, 9.17) is 0 Å². The van der Waals surface area contributed by atoms with Crippen LogP contribution in [0.25, 0.3) is 5.57 Å². The highest BCUT2D eigenvalue weighted by atomic mass is 79.9. The number of fused-ring (bicyclic) bond motifs is 1. The third-order valence-electron chi connectivity index (χ3n) is 2.26. The highest BCUT2D eigenvalue weighted by Crippen LogP contribution is 2.37. The monoisotopic (exact) mass is 287 g/mol. The molecule has 15 heavy (non-hydrogen) atoms. The van der Waals surface area contributed by atoms with Gasteiger partial charge in [-0.15, -0.1) is 0 Å². The van der Waals surface area contributed by atoms with Gasteiger partial charge in [-0.25, -0.2) is 8.42 Å². The zero-order chi connectivity index (χ0) is 11.1. The molecule has 2 rings (SSSR count). The molecule has 0 saturated carbocycles. The van der Waals surface area contributed by atoms with Crippen LogP contribution in [0.3, 0.4) is 0 Å². The van der Waals surface area contributed by atoms with Gasteiger partial charge in [0.15, 0.2) is 0 Å². The Morgan fingerprint density at radius 1 is 1.40 bits per heavy atom. The molecule has 0 radical (unpaired) electrons. The minimum absolute atomic E-state index is 0.384. The van der Waals surface area contributed by atoms with Gasteiger partial charge in [-0.3, -0.25) is 0 Å². The van der Waals surface area contributed by atoms with Crippen LogP contribution in [-0.2, 0) is 9.84 Å². The summed E-state index contributed by atoms with van der Waals surface area (Å²) in [7, 11) is -1.46. The summed E-state index contributed by atoms with van der Waals surface area (Å²) >= 11 is 3.27. The van der Waals surface area contributed by atoms with Crippen molar-refractivity contribution in [1.29, 1.82) is 0 Å². The third kappa shape index (κ3) is 1.75. The van der Waals surface area contributed by atoms with Crippen LogP contribution in [0.5, 0.6) is 0 Å². The first-order valence-corrected chi connectivity index (χ1v) is 6.79. The zero-order valence-corrected chi connectivity index (χ0v) is 10.5. The van der Waals surface area contributed by atoms with Crippen LogP contribution in [0.1, 0.15) is 5.56 Å². The number of hydrogen-bond acceptors (Lipinski definition) is 3. The van der Waals surface area contributed by atoms with Gasteiger partial charge in [-0.1, -0.05) is 12.1 Å². The van der Waals surface area contributed by atoms with Crippen molar-refractivity contribution in [3.05, 3.63) is 33.6 Å². The molecule has 0 aromatic heterocycles.